The summed E-state index contributed by atoms with van der Waals surface area (Å²) in [7, 11) is 0. The Morgan fingerprint density at radius 2 is 2.31 bits per heavy atom. The number of likely N-dealkylation sites (tertiary alicyclic amines) is 1. The molecular formula is C13H22N2O. The zero-order valence-corrected chi connectivity index (χ0v) is 10.2. The Kier molecular flexibility index (Phi) is 5.92. The van der Waals surface area contributed by atoms with Gasteiger partial charge >= 0.3 is 0 Å². The smallest absolute Gasteiger partial charge is 0.225 e. The first-order valence-corrected chi connectivity index (χ1v) is 6.45. The monoisotopic (exact) mass is 222 g/mol. The Hall–Kier alpha value is -1.04. The fourth-order valence-corrected chi connectivity index (χ4v) is 2.31. The minimum atomic E-state index is 0.260. The number of rotatable bonds is 6. The molecule has 3 nitrogen and oxygen atoms in total. The largest absolute Gasteiger partial charge is 0.342 e. The summed E-state index contributed by atoms with van der Waals surface area (Å²) < 4.78 is 0. The van der Waals surface area contributed by atoms with Crippen molar-refractivity contribution in [3.05, 3.63) is 0 Å². The van der Waals surface area contributed by atoms with Gasteiger partial charge in [0, 0.05) is 25.4 Å². The molecule has 3 heteroatoms. The number of nitriles is 1. The highest BCUT2D eigenvalue weighted by atomic mass is 16.2. The van der Waals surface area contributed by atoms with E-state index >= 15 is 0 Å². The maximum Gasteiger partial charge on any atom is 0.225 e. The molecule has 1 fully saturated rings. The molecule has 1 rings (SSSR count). The van der Waals surface area contributed by atoms with E-state index in [1.807, 2.05) is 4.90 Å². The number of nitrogens with zero attached hydrogens (tertiary/aromatic N) is 2. The third kappa shape index (κ3) is 3.84. The van der Waals surface area contributed by atoms with Crippen LogP contribution in [-0.4, -0.2) is 23.9 Å². The van der Waals surface area contributed by atoms with Crippen LogP contribution in [0.2, 0.25) is 0 Å². The van der Waals surface area contributed by atoms with Gasteiger partial charge in [0.2, 0.25) is 5.91 Å². The molecule has 1 atom stereocenters. The van der Waals surface area contributed by atoms with Crippen molar-refractivity contribution in [2.45, 2.75) is 51.9 Å². The molecule has 90 valence electrons. The van der Waals surface area contributed by atoms with Gasteiger partial charge in [0.05, 0.1) is 6.07 Å². The molecule has 0 aromatic heterocycles. The summed E-state index contributed by atoms with van der Waals surface area (Å²) in [6, 6.07) is 2.13. The number of hydrogen-bond acceptors (Lipinski definition) is 2. The van der Waals surface area contributed by atoms with Gasteiger partial charge in [-0.05, 0) is 25.7 Å². The highest BCUT2D eigenvalue weighted by Gasteiger charge is 2.27. The number of carbonyl (C=O) groups is 1. The van der Waals surface area contributed by atoms with Crippen molar-refractivity contribution in [1.29, 1.82) is 5.26 Å². The van der Waals surface area contributed by atoms with E-state index in [9.17, 15) is 4.79 Å². The van der Waals surface area contributed by atoms with Gasteiger partial charge in [-0.2, -0.15) is 5.26 Å². The topological polar surface area (TPSA) is 44.1 Å². The van der Waals surface area contributed by atoms with Crippen molar-refractivity contribution in [3.8, 4) is 6.07 Å². The summed E-state index contributed by atoms with van der Waals surface area (Å²) in [5.74, 6) is 0.591. The molecule has 1 aliphatic heterocycles. The fraction of sp³-hybridized carbons (Fsp3) is 0.846. The van der Waals surface area contributed by atoms with E-state index in [1.165, 1.54) is 0 Å². The molecule has 0 radical (unpaired) electrons. The number of piperidine rings is 1. The Labute approximate surface area is 98.4 Å². The molecule has 0 aromatic carbocycles. The zero-order chi connectivity index (χ0) is 11.8. The van der Waals surface area contributed by atoms with Crippen molar-refractivity contribution in [2.24, 2.45) is 5.92 Å². The van der Waals surface area contributed by atoms with E-state index in [1.54, 1.807) is 0 Å². The molecule has 0 bridgehead atoms. The van der Waals surface area contributed by atoms with Gasteiger partial charge in [0.25, 0.3) is 0 Å². The normalized spacial score (nSPS) is 20.9. The van der Waals surface area contributed by atoms with Crippen LogP contribution in [-0.2, 0) is 4.79 Å². The summed E-state index contributed by atoms with van der Waals surface area (Å²) in [4.78, 5) is 14.0. The average molecular weight is 222 g/mol. The van der Waals surface area contributed by atoms with Crippen LogP contribution in [0.1, 0.15) is 51.9 Å². The van der Waals surface area contributed by atoms with Gasteiger partial charge in [-0.1, -0.05) is 19.8 Å². The van der Waals surface area contributed by atoms with Crippen LogP contribution in [0.25, 0.3) is 0 Å². The second kappa shape index (κ2) is 7.27. The minimum absolute atomic E-state index is 0.260. The van der Waals surface area contributed by atoms with E-state index in [4.69, 9.17) is 5.26 Å². The number of hydrogen-bond donors (Lipinski definition) is 0. The van der Waals surface area contributed by atoms with Crippen molar-refractivity contribution in [2.75, 3.05) is 13.1 Å². The van der Waals surface area contributed by atoms with Crippen molar-refractivity contribution in [1.82, 2.24) is 4.90 Å². The first-order valence-electron chi connectivity index (χ1n) is 6.45. The van der Waals surface area contributed by atoms with Crippen molar-refractivity contribution < 1.29 is 4.79 Å². The van der Waals surface area contributed by atoms with Crippen LogP contribution in [0.5, 0.6) is 0 Å². The third-order valence-electron chi connectivity index (χ3n) is 3.26. The maximum atomic E-state index is 12.1. The molecule has 0 spiro atoms. The summed E-state index contributed by atoms with van der Waals surface area (Å²) in [6.07, 6.45) is 6.94. The molecule has 0 saturated carbocycles. The van der Waals surface area contributed by atoms with Gasteiger partial charge in [-0.25, -0.2) is 0 Å². The van der Waals surface area contributed by atoms with Crippen LogP contribution >= 0.6 is 0 Å². The molecule has 1 saturated heterocycles. The Balaban J connectivity index is 2.35. The second-order valence-electron chi connectivity index (χ2n) is 4.57. The van der Waals surface area contributed by atoms with Gasteiger partial charge in [0.1, 0.15) is 0 Å². The second-order valence-corrected chi connectivity index (χ2v) is 4.57. The number of amides is 1. The fourth-order valence-electron chi connectivity index (χ4n) is 2.31. The summed E-state index contributed by atoms with van der Waals surface area (Å²) in [6.45, 7) is 3.83. The predicted octanol–water partition coefficient (Wildman–Crippen LogP) is 2.72. The number of carbonyl (C=O) groups excluding carboxylic acids is 1. The molecule has 0 N–H and O–H groups in total. The maximum absolute atomic E-state index is 12.1. The van der Waals surface area contributed by atoms with E-state index in [0.717, 1.165) is 51.6 Å². The molecule has 0 aromatic rings. The Morgan fingerprint density at radius 1 is 1.50 bits per heavy atom. The Bertz CT molecular complexity index is 257. The van der Waals surface area contributed by atoms with E-state index in [-0.39, 0.29) is 5.92 Å². The van der Waals surface area contributed by atoms with Gasteiger partial charge in [-0.15, -0.1) is 0 Å². The van der Waals surface area contributed by atoms with Gasteiger partial charge in [-0.3, -0.25) is 4.79 Å². The standard InChI is InChI=1S/C13H22N2O/c1-2-3-7-12-8-6-11-15(13(12)16)10-5-4-9-14/h12H,2-8,10-11H2,1H3. The molecular weight excluding hydrogens is 200 g/mol. The van der Waals surface area contributed by atoms with Crippen LogP contribution in [0.15, 0.2) is 0 Å². The average Bonchev–Trinajstić information content (AvgIpc) is 2.30. The quantitative estimate of drug-likeness (QED) is 0.648. The van der Waals surface area contributed by atoms with Crippen molar-refractivity contribution in [3.63, 3.8) is 0 Å². The highest BCUT2D eigenvalue weighted by Crippen LogP contribution is 2.23. The first-order chi connectivity index (χ1) is 7.79. The Morgan fingerprint density at radius 3 is 3.00 bits per heavy atom. The van der Waals surface area contributed by atoms with Gasteiger partial charge in [0.15, 0.2) is 0 Å². The van der Waals surface area contributed by atoms with Crippen LogP contribution < -0.4 is 0 Å². The predicted molar refractivity (Wildman–Crippen MR) is 63.7 cm³/mol. The third-order valence-corrected chi connectivity index (χ3v) is 3.26. The lowest BCUT2D eigenvalue weighted by atomic mass is 9.92. The zero-order valence-electron chi connectivity index (χ0n) is 10.2. The molecule has 1 unspecified atom stereocenters. The number of unbranched alkanes of at least 4 members (excludes halogenated alkanes) is 2. The molecule has 0 aliphatic carbocycles. The lowest BCUT2D eigenvalue weighted by Gasteiger charge is -2.32. The van der Waals surface area contributed by atoms with Crippen LogP contribution in [0, 0.1) is 17.2 Å². The SMILES string of the molecule is CCCCC1CCCN(CCCC#N)C1=O. The van der Waals surface area contributed by atoms with E-state index in [2.05, 4.69) is 13.0 Å². The minimum Gasteiger partial charge on any atom is -0.342 e. The molecule has 16 heavy (non-hydrogen) atoms. The van der Waals surface area contributed by atoms with Crippen molar-refractivity contribution >= 4 is 5.91 Å². The van der Waals surface area contributed by atoms with Crippen LogP contribution in [0.4, 0.5) is 0 Å². The molecule has 1 heterocycles. The molecule has 1 amide bonds. The van der Waals surface area contributed by atoms with E-state index < -0.39 is 0 Å². The lowest BCUT2D eigenvalue weighted by Crippen LogP contribution is -2.41. The van der Waals surface area contributed by atoms with E-state index in [0.29, 0.717) is 12.3 Å². The lowest BCUT2D eigenvalue weighted by molar-refractivity contribution is -0.138. The highest BCUT2D eigenvalue weighted by molar-refractivity contribution is 5.79. The summed E-state index contributed by atoms with van der Waals surface area (Å²) in [5.41, 5.74) is 0. The summed E-state index contributed by atoms with van der Waals surface area (Å²) >= 11 is 0. The summed E-state index contributed by atoms with van der Waals surface area (Å²) in [5, 5.41) is 8.48. The van der Waals surface area contributed by atoms with Gasteiger partial charge < -0.3 is 4.90 Å². The van der Waals surface area contributed by atoms with Crippen LogP contribution in [0.3, 0.4) is 0 Å². The molecule has 1 aliphatic rings. The first kappa shape index (κ1) is 13.0.